The lowest BCUT2D eigenvalue weighted by molar-refractivity contribution is -0.118. The van der Waals surface area contributed by atoms with Crippen molar-refractivity contribution in [1.82, 2.24) is 4.98 Å². The minimum Gasteiger partial charge on any atom is -0.482 e. The summed E-state index contributed by atoms with van der Waals surface area (Å²) in [7, 11) is 0. The molecule has 0 aliphatic heterocycles. The van der Waals surface area contributed by atoms with Crippen LogP contribution in [0.3, 0.4) is 0 Å². The van der Waals surface area contributed by atoms with Crippen LogP contribution < -0.4 is 15.8 Å². The third-order valence-electron chi connectivity index (χ3n) is 2.96. The molecule has 3 N–H and O–H groups in total. The maximum Gasteiger partial charge on any atom is 0.262 e. The SMILES string of the molecule is Cc1ccc(NC(=O)COc2ccc(C)nc2CN)cc1. The Labute approximate surface area is 124 Å². The van der Waals surface area contributed by atoms with Crippen molar-refractivity contribution in [2.45, 2.75) is 20.4 Å². The van der Waals surface area contributed by atoms with Crippen molar-refractivity contribution in [3.63, 3.8) is 0 Å². The first kappa shape index (κ1) is 15.0. The summed E-state index contributed by atoms with van der Waals surface area (Å²) in [4.78, 5) is 16.1. The molecule has 1 heterocycles. The topological polar surface area (TPSA) is 77.2 Å². The van der Waals surface area contributed by atoms with E-state index in [-0.39, 0.29) is 19.1 Å². The van der Waals surface area contributed by atoms with Crippen LogP contribution >= 0.6 is 0 Å². The van der Waals surface area contributed by atoms with Gasteiger partial charge in [-0.25, -0.2) is 0 Å². The highest BCUT2D eigenvalue weighted by Crippen LogP contribution is 2.16. The largest absolute Gasteiger partial charge is 0.482 e. The quantitative estimate of drug-likeness (QED) is 0.882. The molecule has 0 bridgehead atoms. The summed E-state index contributed by atoms with van der Waals surface area (Å²) in [5.41, 5.74) is 9.03. The molecule has 0 aliphatic rings. The number of hydrogen-bond donors (Lipinski definition) is 2. The molecule has 1 amide bonds. The number of anilines is 1. The average Bonchev–Trinajstić information content (AvgIpc) is 2.48. The Morgan fingerprint density at radius 2 is 1.90 bits per heavy atom. The number of nitrogens with two attached hydrogens (primary N) is 1. The van der Waals surface area contributed by atoms with E-state index in [4.69, 9.17) is 10.5 Å². The maximum atomic E-state index is 11.8. The number of amides is 1. The minimum atomic E-state index is -0.220. The van der Waals surface area contributed by atoms with Crippen molar-refractivity contribution < 1.29 is 9.53 Å². The van der Waals surface area contributed by atoms with E-state index in [1.54, 1.807) is 6.07 Å². The van der Waals surface area contributed by atoms with Crippen LogP contribution in [0.4, 0.5) is 5.69 Å². The zero-order valence-corrected chi connectivity index (χ0v) is 12.2. The zero-order valence-electron chi connectivity index (χ0n) is 12.2. The number of rotatable bonds is 5. The molecule has 1 aromatic heterocycles. The van der Waals surface area contributed by atoms with Gasteiger partial charge < -0.3 is 15.8 Å². The minimum absolute atomic E-state index is 0.0778. The summed E-state index contributed by atoms with van der Waals surface area (Å²) >= 11 is 0. The Hall–Kier alpha value is -2.40. The molecule has 0 aliphatic carbocycles. The average molecular weight is 285 g/mol. The normalized spacial score (nSPS) is 10.2. The van der Waals surface area contributed by atoms with Gasteiger partial charge in [-0.3, -0.25) is 9.78 Å². The Bertz CT molecular complexity index is 624. The van der Waals surface area contributed by atoms with E-state index in [0.717, 1.165) is 16.9 Å². The molecule has 2 aromatic rings. The molecule has 5 nitrogen and oxygen atoms in total. The number of pyridine rings is 1. The van der Waals surface area contributed by atoms with Gasteiger partial charge in [-0.05, 0) is 38.1 Å². The highest BCUT2D eigenvalue weighted by molar-refractivity contribution is 5.91. The molecule has 0 spiro atoms. The molecule has 1 aromatic carbocycles. The predicted molar refractivity (Wildman–Crippen MR) is 82.2 cm³/mol. The Morgan fingerprint density at radius 1 is 1.19 bits per heavy atom. The summed E-state index contributed by atoms with van der Waals surface area (Å²) in [6.07, 6.45) is 0. The molecule has 0 saturated heterocycles. The lowest BCUT2D eigenvalue weighted by atomic mass is 10.2. The number of carbonyl (C=O) groups excluding carboxylic acids is 1. The van der Waals surface area contributed by atoms with Gasteiger partial charge in [0.2, 0.25) is 0 Å². The Balaban J connectivity index is 1.93. The highest BCUT2D eigenvalue weighted by atomic mass is 16.5. The van der Waals surface area contributed by atoms with Crippen LogP contribution in [0.15, 0.2) is 36.4 Å². The van der Waals surface area contributed by atoms with E-state index >= 15 is 0 Å². The summed E-state index contributed by atoms with van der Waals surface area (Å²) in [5.74, 6) is 0.324. The van der Waals surface area contributed by atoms with E-state index < -0.39 is 0 Å². The second-order valence-electron chi connectivity index (χ2n) is 4.80. The maximum absolute atomic E-state index is 11.8. The van der Waals surface area contributed by atoms with Crippen molar-refractivity contribution in [1.29, 1.82) is 0 Å². The van der Waals surface area contributed by atoms with Crippen LogP contribution in [0.25, 0.3) is 0 Å². The van der Waals surface area contributed by atoms with Crippen molar-refractivity contribution in [3.8, 4) is 5.75 Å². The fraction of sp³-hybridized carbons (Fsp3) is 0.250. The summed E-state index contributed by atoms with van der Waals surface area (Å²) in [5, 5.41) is 2.77. The number of nitrogens with zero attached hydrogens (tertiary/aromatic N) is 1. The lowest BCUT2D eigenvalue weighted by Crippen LogP contribution is -2.21. The zero-order chi connectivity index (χ0) is 15.2. The van der Waals surface area contributed by atoms with E-state index in [1.165, 1.54) is 0 Å². The van der Waals surface area contributed by atoms with Crippen molar-refractivity contribution in [2.75, 3.05) is 11.9 Å². The fourth-order valence-electron chi connectivity index (χ4n) is 1.85. The summed E-state index contributed by atoms with van der Waals surface area (Å²) in [6.45, 7) is 4.07. The van der Waals surface area contributed by atoms with E-state index in [1.807, 2.05) is 44.2 Å². The van der Waals surface area contributed by atoms with Gasteiger partial charge in [-0.1, -0.05) is 17.7 Å². The number of hydrogen-bond acceptors (Lipinski definition) is 4. The number of aryl methyl sites for hydroxylation is 2. The standard InChI is InChI=1S/C16H19N3O2/c1-11-3-6-13(7-4-11)19-16(20)10-21-15-8-5-12(2)18-14(15)9-17/h3-8H,9-10,17H2,1-2H3,(H,19,20). The van der Waals surface area contributed by atoms with Gasteiger partial charge in [0, 0.05) is 17.9 Å². The summed E-state index contributed by atoms with van der Waals surface area (Å²) in [6, 6.07) is 11.2. The monoisotopic (exact) mass is 285 g/mol. The molecule has 0 unspecified atom stereocenters. The third kappa shape index (κ3) is 4.29. The first-order valence-electron chi connectivity index (χ1n) is 6.74. The van der Waals surface area contributed by atoms with Gasteiger partial charge in [0.05, 0.1) is 5.69 Å². The molecule has 0 radical (unpaired) electrons. The molecule has 2 rings (SSSR count). The number of carbonyl (C=O) groups is 1. The van der Waals surface area contributed by atoms with Crippen molar-refractivity contribution in [2.24, 2.45) is 5.73 Å². The third-order valence-corrected chi connectivity index (χ3v) is 2.96. The number of ether oxygens (including phenoxy) is 1. The van der Waals surface area contributed by atoms with Gasteiger partial charge in [0.25, 0.3) is 5.91 Å². The fourth-order valence-corrected chi connectivity index (χ4v) is 1.85. The van der Waals surface area contributed by atoms with Crippen LogP contribution in [0.2, 0.25) is 0 Å². The van der Waals surface area contributed by atoms with Crippen molar-refractivity contribution >= 4 is 11.6 Å². The van der Waals surface area contributed by atoms with Crippen LogP contribution in [-0.4, -0.2) is 17.5 Å². The second-order valence-corrected chi connectivity index (χ2v) is 4.80. The number of benzene rings is 1. The molecule has 0 atom stereocenters. The number of nitrogens with one attached hydrogen (secondary N) is 1. The second kappa shape index (κ2) is 6.85. The van der Waals surface area contributed by atoms with Gasteiger partial charge in [-0.15, -0.1) is 0 Å². The molecule has 110 valence electrons. The first-order chi connectivity index (χ1) is 10.1. The van der Waals surface area contributed by atoms with Gasteiger partial charge in [0.15, 0.2) is 6.61 Å². The van der Waals surface area contributed by atoms with Crippen LogP contribution in [0.1, 0.15) is 17.0 Å². The van der Waals surface area contributed by atoms with E-state index in [2.05, 4.69) is 10.3 Å². The predicted octanol–water partition coefficient (Wildman–Crippen LogP) is 2.17. The molecular formula is C16H19N3O2. The van der Waals surface area contributed by atoms with Crippen LogP contribution in [-0.2, 0) is 11.3 Å². The van der Waals surface area contributed by atoms with Gasteiger partial charge in [0.1, 0.15) is 5.75 Å². The number of aromatic nitrogens is 1. The molecule has 0 fully saturated rings. The highest BCUT2D eigenvalue weighted by Gasteiger charge is 2.08. The smallest absolute Gasteiger partial charge is 0.262 e. The van der Waals surface area contributed by atoms with Crippen molar-refractivity contribution in [3.05, 3.63) is 53.3 Å². The molecule has 21 heavy (non-hydrogen) atoms. The molecule has 0 saturated carbocycles. The summed E-state index contributed by atoms with van der Waals surface area (Å²) < 4.78 is 5.49. The van der Waals surface area contributed by atoms with Crippen LogP contribution in [0, 0.1) is 13.8 Å². The Kier molecular flexibility index (Phi) is 4.90. The Morgan fingerprint density at radius 3 is 2.57 bits per heavy atom. The first-order valence-corrected chi connectivity index (χ1v) is 6.74. The van der Waals surface area contributed by atoms with E-state index in [9.17, 15) is 4.79 Å². The molecule has 5 heteroatoms. The molecular weight excluding hydrogens is 266 g/mol. The van der Waals surface area contributed by atoms with E-state index in [0.29, 0.717) is 11.4 Å². The van der Waals surface area contributed by atoms with Crippen LogP contribution in [0.5, 0.6) is 5.75 Å². The van der Waals surface area contributed by atoms with Gasteiger partial charge in [-0.2, -0.15) is 0 Å². The van der Waals surface area contributed by atoms with Gasteiger partial charge >= 0.3 is 0 Å². The lowest BCUT2D eigenvalue weighted by Gasteiger charge is -2.10.